The third kappa shape index (κ3) is 5.35. The van der Waals surface area contributed by atoms with Crippen molar-refractivity contribution >= 4 is 27.7 Å². The summed E-state index contributed by atoms with van der Waals surface area (Å²) in [6.45, 7) is 3.96. The van der Waals surface area contributed by atoms with Gasteiger partial charge in [-0.3, -0.25) is 4.79 Å². The van der Waals surface area contributed by atoms with Crippen molar-refractivity contribution in [1.29, 1.82) is 0 Å². The van der Waals surface area contributed by atoms with Crippen LogP contribution in [-0.2, 0) is 13.0 Å². The molecule has 0 bridgehead atoms. The first-order valence-corrected chi connectivity index (χ1v) is 12.1. The average Bonchev–Trinajstić information content (AvgIpc) is 3.24. The zero-order valence-corrected chi connectivity index (χ0v) is 19.9. The molecule has 0 saturated carbocycles. The zero-order chi connectivity index (χ0) is 24.0. The number of imidazole rings is 1. The van der Waals surface area contributed by atoms with Crippen molar-refractivity contribution in [3.63, 3.8) is 0 Å². The highest BCUT2D eigenvalue weighted by molar-refractivity contribution is 5.94. The molecule has 0 aliphatic carbocycles. The summed E-state index contributed by atoms with van der Waals surface area (Å²) in [5, 5.41) is 5.42. The van der Waals surface area contributed by atoms with Gasteiger partial charge in [-0.15, -0.1) is 0 Å². The molecule has 1 amide bonds. The SMILES string of the molecule is Cc1ccc(C(=O)NCCc2nc3ccccc3n2CCCOc2ccc3ccccc3c2)cc1. The number of para-hydroxylation sites is 2. The molecule has 0 radical (unpaired) electrons. The first-order chi connectivity index (χ1) is 17.2. The summed E-state index contributed by atoms with van der Waals surface area (Å²) in [4.78, 5) is 17.3. The Morgan fingerprint density at radius 3 is 2.54 bits per heavy atom. The third-order valence-corrected chi connectivity index (χ3v) is 6.20. The molecule has 4 aromatic carbocycles. The van der Waals surface area contributed by atoms with Gasteiger partial charge in [0.05, 0.1) is 17.6 Å². The summed E-state index contributed by atoms with van der Waals surface area (Å²) in [6, 6.07) is 30.3. The van der Waals surface area contributed by atoms with Crippen molar-refractivity contribution in [2.75, 3.05) is 13.2 Å². The lowest BCUT2D eigenvalue weighted by atomic mass is 10.1. The second-order valence-corrected chi connectivity index (χ2v) is 8.75. The second-order valence-electron chi connectivity index (χ2n) is 8.75. The highest BCUT2D eigenvalue weighted by Gasteiger charge is 2.11. The Morgan fingerprint density at radius 1 is 0.914 bits per heavy atom. The molecular weight excluding hydrogens is 434 g/mol. The number of hydrogen-bond donors (Lipinski definition) is 1. The van der Waals surface area contributed by atoms with Gasteiger partial charge >= 0.3 is 0 Å². The zero-order valence-electron chi connectivity index (χ0n) is 19.9. The number of rotatable bonds is 9. The van der Waals surface area contributed by atoms with Crippen LogP contribution in [0.5, 0.6) is 5.75 Å². The van der Waals surface area contributed by atoms with E-state index in [9.17, 15) is 4.79 Å². The Kier molecular flexibility index (Phi) is 6.75. The minimum Gasteiger partial charge on any atom is -0.494 e. The molecular formula is C30H29N3O2. The molecule has 0 atom stereocenters. The van der Waals surface area contributed by atoms with Crippen LogP contribution in [-0.4, -0.2) is 28.6 Å². The molecule has 5 heteroatoms. The Bertz CT molecular complexity index is 1450. The van der Waals surface area contributed by atoms with Gasteiger partial charge in [-0.25, -0.2) is 4.98 Å². The monoisotopic (exact) mass is 463 g/mol. The number of fused-ring (bicyclic) bond motifs is 2. The van der Waals surface area contributed by atoms with Gasteiger partial charge in [0.25, 0.3) is 5.91 Å². The molecule has 0 spiro atoms. The van der Waals surface area contributed by atoms with E-state index in [1.807, 2.05) is 67.6 Å². The molecule has 0 unspecified atom stereocenters. The molecule has 1 heterocycles. The van der Waals surface area contributed by atoms with Gasteiger partial charge in [0.15, 0.2) is 0 Å². The number of amides is 1. The van der Waals surface area contributed by atoms with E-state index in [1.165, 1.54) is 10.8 Å². The Balaban J connectivity index is 1.20. The van der Waals surface area contributed by atoms with E-state index in [0.717, 1.165) is 41.1 Å². The summed E-state index contributed by atoms with van der Waals surface area (Å²) >= 11 is 0. The Labute approximate surface area is 205 Å². The van der Waals surface area contributed by atoms with E-state index >= 15 is 0 Å². The van der Waals surface area contributed by atoms with E-state index in [0.29, 0.717) is 25.1 Å². The van der Waals surface area contributed by atoms with Crippen LogP contribution in [0.15, 0.2) is 91.0 Å². The lowest BCUT2D eigenvalue weighted by molar-refractivity contribution is 0.0954. The topological polar surface area (TPSA) is 56.2 Å². The van der Waals surface area contributed by atoms with E-state index < -0.39 is 0 Å². The molecule has 5 nitrogen and oxygen atoms in total. The summed E-state index contributed by atoms with van der Waals surface area (Å²) in [5.41, 5.74) is 3.90. The highest BCUT2D eigenvalue weighted by atomic mass is 16.5. The van der Waals surface area contributed by atoms with Crippen LogP contribution in [0.1, 0.15) is 28.2 Å². The molecule has 0 fully saturated rings. The van der Waals surface area contributed by atoms with Crippen molar-refractivity contribution in [3.05, 3.63) is 108 Å². The van der Waals surface area contributed by atoms with E-state index in [2.05, 4.69) is 40.2 Å². The summed E-state index contributed by atoms with van der Waals surface area (Å²) in [6.07, 6.45) is 1.52. The third-order valence-electron chi connectivity index (χ3n) is 6.20. The first kappa shape index (κ1) is 22.7. The molecule has 0 aliphatic heterocycles. The number of carbonyl (C=O) groups is 1. The fourth-order valence-electron chi connectivity index (χ4n) is 4.33. The van der Waals surface area contributed by atoms with Gasteiger partial charge in [-0.1, -0.05) is 60.2 Å². The summed E-state index contributed by atoms with van der Waals surface area (Å²) in [5.74, 6) is 1.80. The maximum Gasteiger partial charge on any atom is 0.251 e. The van der Waals surface area contributed by atoms with E-state index in [-0.39, 0.29) is 5.91 Å². The molecule has 0 aliphatic rings. The maximum absolute atomic E-state index is 12.5. The predicted octanol–water partition coefficient (Wildman–Crippen LogP) is 5.94. The second kappa shape index (κ2) is 10.4. The summed E-state index contributed by atoms with van der Waals surface area (Å²) in [7, 11) is 0. The number of carbonyl (C=O) groups excluding carboxylic acids is 1. The van der Waals surface area contributed by atoms with Crippen LogP contribution >= 0.6 is 0 Å². The van der Waals surface area contributed by atoms with Crippen molar-refractivity contribution < 1.29 is 9.53 Å². The number of aryl methyl sites for hydroxylation is 2. The van der Waals surface area contributed by atoms with Crippen LogP contribution in [0.2, 0.25) is 0 Å². The van der Waals surface area contributed by atoms with E-state index in [4.69, 9.17) is 9.72 Å². The summed E-state index contributed by atoms with van der Waals surface area (Å²) < 4.78 is 8.29. The Morgan fingerprint density at radius 2 is 1.69 bits per heavy atom. The molecule has 0 saturated heterocycles. The van der Waals surface area contributed by atoms with Gasteiger partial charge in [0, 0.05) is 25.1 Å². The van der Waals surface area contributed by atoms with E-state index in [1.54, 1.807) is 0 Å². The standard InChI is InChI=1S/C30H29N3O2/c1-22-11-13-24(14-12-22)30(34)31-18-17-29-32-27-9-4-5-10-28(27)33(29)19-6-20-35-26-16-15-23-7-2-3-8-25(23)21-26/h2-5,7-16,21H,6,17-20H2,1H3,(H,31,34). The van der Waals surface area contributed by atoms with Gasteiger partial charge in [-0.2, -0.15) is 0 Å². The van der Waals surface area contributed by atoms with Crippen molar-refractivity contribution in [2.24, 2.45) is 0 Å². The van der Waals surface area contributed by atoms with Crippen LogP contribution in [0.3, 0.4) is 0 Å². The van der Waals surface area contributed by atoms with Gasteiger partial charge in [-0.05, 0) is 60.5 Å². The number of ether oxygens (including phenoxy) is 1. The number of nitrogens with zero attached hydrogens (tertiary/aromatic N) is 2. The molecule has 5 aromatic rings. The van der Waals surface area contributed by atoms with Crippen LogP contribution in [0.25, 0.3) is 21.8 Å². The highest BCUT2D eigenvalue weighted by Crippen LogP contribution is 2.21. The van der Waals surface area contributed by atoms with Crippen LogP contribution in [0, 0.1) is 6.92 Å². The maximum atomic E-state index is 12.5. The molecule has 176 valence electrons. The lowest BCUT2D eigenvalue weighted by Crippen LogP contribution is -2.26. The minimum atomic E-state index is -0.0588. The Hall–Kier alpha value is -4.12. The van der Waals surface area contributed by atoms with Crippen molar-refractivity contribution in [3.8, 4) is 5.75 Å². The molecule has 5 rings (SSSR count). The van der Waals surface area contributed by atoms with Gasteiger partial charge < -0.3 is 14.6 Å². The van der Waals surface area contributed by atoms with Crippen molar-refractivity contribution in [1.82, 2.24) is 14.9 Å². The fraction of sp³-hybridized carbons (Fsp3) is 0.200. The van der Waals surface area contributed by atoms with Crippen LogP contribution < -0.4 is 10.1 Å². The fourth-order valence-corrected chi connectivity index (χ4v) is 4.33. The lowest BCUT2D eigenvalue weighted by Gasteiger charge is -2.11. The largest absolute Gasteiger partial charge is 0.494 e. The molecule has 1 aromatic heterocycles. The predicted molar refractivity (Wildman–Crippen MR) is 141 cm³/mol. The smallest absolute Gasteiger partial charge is 0.251 e. The number of benzene rings is 4. The van der Waals surface area contributed by atoms with Gasteiger partial charge in [0.1, 0.15) is 11.6 Å². The van der Waals surface area contributed by atoms with Crippen LogP contribution in [0.4, 0.5) is 0 Å². The van der Waals surface area contributed by atoms with Crippen molar-refractivity contribution in [2.45, 2.75) is 26.3 Å². The van der Waals surface area contributed by atoms with Gasteiger partial charge in [0.2, 0.25) is 0 Å². The average molecular weight is 464 g/mol. The quantitative estimate of drug-likeness (QED) is 0.275. The molecule has 35 heavy (non-hydrogen) atoms. The number of hydrogen-bond acceptors (Lipinski definition) is 3. The number of aromatic nitrogens is 2. The normalized spacial score (nSPS) is 11.1. The first-order valence-electron chi connectivity index (χ1n) is 12.1. The minimum absolute atomic E-state index is 0.0588. The number of nitrogens with one attached hydrogen (secondary N) is 1. The molecule has 1 N–H and O–H groups in total.